The van der Waals surface area contributed by atoms with E-state index in [4.69, 9.17) is 21.1 Å². The predicted octanol–water partition coefficient (Wildman–Crippen LogP) is 6.07. The van der Waals surface area contributed by atoms with Gasteiger partial charge in [0.15, 0.2) is 0 Å². The van der Waals surface area contributed by atoms with E-state index in [1.54, 1.807) is 24.3 Å². The Hall–Kier alpha value is -3.42. The van der Waals surface area contributed by atoms with Gasteiger partial charge in [-0.05, 0) is 69.0 Å². The van der Waals surface area contributed by atoms with Crippen molar-refractivity contribution in [2.45, 2.75) is 19.6 Å². The number of nitrogens with zero attached hydrogens (tertiary/aromatic N) is 3. The maximum Gasteiger partial charge on any atom is 0.145 e. The Kier molecular flexibility index (Phi) is 7.45. The molecule has 0 spiro atoms. The first-order chi connectivity index (χ1) is 16.4. The second-order valence-electron chi connectivity index (χ2n) is 8.25. The maximum atomic E-state index is 13.4. The van der Waals surface area contributed by atoms with Gasteiger partial charge in [0, 0.05) is 12.2 Å². The molecule has 0 bridgehead atoms. The zero-order chi connectivity index (χ0) is 24.1. The molecule has 34 heavy (non-hydrogen) atoms. The number of rotatable bonds is 9. The molecule has 0 aliphatic heterocycles. The number of benzene rings is 3. The topological polar surface area (TPSA) is 59.5 Å². The third-order valence-corrected chi connectivity index (χ3v) is 5.35. The Morgan fingerprint density at radius 1 is 1.03 bits per heavy atom. The highest BCUT2D eigenvalue weighted by molar-refractivity contribution is 6.32. The fourth-order valence-corrected chi connectivity index (χ4v) is 3.90. The lowest BCUT2D eigenvalue weighted by molar-refractivity contribution is 0.179. The Balaban J connectivity index is 1.54. The molecule has 4 aromatic rings. The van der Waals surface area contributed by atoms with Crippen molar-refractivity contribution in [3.05, 3.63) is 83.4 Å². The van der Waals surface area contributed by atoms with Gasteiger partial charge in [-0.3, -0.25) is 0 Å². The first kappa shape index (κ1) is 23.7. The Morgan fingerprint density at radius 3 is 2.62 bits per heavy atom. The van der Waals surface area contributed by atoms with Crippen LogP contribution in [0.1, 0.15) is 12.5 Å². The molecule has 0 aliphatic rings. The van der Waals surface area contributed by atoms with E-state index in [9.17, 15) is 4.39 Å². The molecule has 0 saturated heterocycles. The average Bonchev–Trinajstić information content (AvgIpc) is 2.78. The number of likely N-dealkylation sites (N-methyl/N-ethyl adjacent to an activating group) is 1. The van der Waals surface area contributed by atoms with Gasteiger partial charge in [-0.2, -0.15) is 0 Å². The van der Waals surface area contributed by atoms with E-state index < -0.39 is 0 Å². The number of fused-ring (bicyclic) bond motifs is 1. The smallest absolute Gasteiger partial charge is 0.145 e. The number of nitrogens with one attached hydrogen (secondary N) is 1. The molecule has 1 unspecified atom stereocenters. The van der Waals surface area contributed by atoms with Gasteiger partial charge < -0.3 is 19.7 Å². The van der Waals surface area contributed by atoms with Gasteiger partial charge in [0.05, 0.1) is 15.9 Å². The molecular weight excluding hydrogens is 455 g/mol. The third-order valence-electron chi connectivity index (χ3n) is 5.05. The highest BCUT2D eigenvalue weighted by atomic mass is 35.5. The summed E-state index contributed by atoms with van der Waals surface area (Å²) in [4.78, 5) is 10.9. The fourth-order valence-electron chi connectivity index (χ4n) is 3.66. The molecule has 0 saturated carbocycles. The van der Waals surface area contributed by atoms with Crippen molar-refractivity contribution < 1.29 is 13.9 Å². The van der Waals surface area contributed by atoms with Crippen LogP contribution in [0.15, 0.2) is 67.0 Å². The summed E-state index contributed by atoms with van der Waals surface area (Å²) in [5.74, 6) is 1.52. The first-order valence-electron chi connectivity index (χ1n) is 10.9. The lowest BCUT2D eigenvalue weighted by atomic mass is 10.2. The summed E-state index contributed by atoms with van der Waals surface area (Å²) in [5, 5.41) is 4.54. The van der Waals surface area contributed by atoms with Crippen molar-refractivity contribution in [2.24, 2.45) is 0 Å². The van der Waals surface area contributed by atoms with Crippen molar-refractivity contribution in [1.29, 1.82) is 0 Å². The third kappa shape index (κ3) is 5.92. The molecule has 1 atom stereocenters. The molecule has 4 rings (SSSR count). The molecule has 0 amide bonds. The summed E-state index contributed by atoms with van der Waals surface area (Å²) in [6.45, 7) is 3.02. The molecule has 0 fully saturated rings. The van der Waals surface area contributed by atoms with Crippen LogP contribution in [0.2, 0.25) is 5.02 Å². The highest BCUT2D eigenvalue weighted by Gasteiger charge is 2.14. The van der Waals surface area contributed by atoms with Gasteiger partial charge in [0.2, 0.25) is 0 Å². The van der Waals surface area contributed by atoms with E-state index >= 15 is 0 Å². The number of aromatic nitrogens is 2. The number of halogens is 2. The van der Waals surface area contributed by atoms with Crippen molar-refractivity contribution >= 4 is 34.0 Å². The van der Waals surface area contributed by atoms with E-state index in [-0.39, 0.29) is 18.5 Å². The van der Waals surface area contributed by atoms with Gasteiger partial charge in [-0.1, -0.05) is 29.8 Å². The van der Waals surface area contributed by atoms with Gasteiger partial charge in [0.1, 0.15) is 42.2 Å². The molecule has 0 radical (unpaired) electrons. The van der Waals surface area contributed by atoms with Crippen LogP contribution in [-0.2, 0) is 6.61 Å². The first-order valence-corrected chi connectivity index (χ1v) is 11.3. The Bertz CT molecular complexity index is 1280. The van der Waals surface area contributed by atoms with Crippen LogP contribution in [0.3, 0.4) is 0 Å². The second-order valence-corrected chi connectivity index (χ2v) is 8.66. The van der Waals surface area contributed by atoms with E-state index in [2.05, 4.69) is 20.2 Å². The SMILES string of the molecule is CC(CN(C)C)Oc1cccc2ncnc(Nc3ccc(OCc4cccc(F)c4)c(Cl)c3)c12. The van der Waals surface area contributed by atoms with Crippen LogP contribution in [0.5, 0.6) is 11.5 Å². The quantitative estimate of drug-likeness (QED) is 0.313. The Morgan fingerprint density at radius 2 is 1.85 bits per heavy atom. The minimum absolute atomic E-state index is 0.0161. The normalized spacial score (nSPS) is 12.1. The van der Waals surface area contributed by atoms with Gasteiger partial charge in [-0.25, -0.2) is 14.4 Å². The zero-order valence-electron chi connectivity index (χ0n) is 19.3. The largest absolute Gasteiger partial charge is 0.489 e. The summed E-state index contributed by atoms with van der Waals surface area (Å²) in [6.07, 6.45) is 1.49. The zero-order valence-corrected chi connectivity index (χ0v) is 20.0. The van der Waals surface area contributed by atoms with E-state index in [0.29, 0.717) is 22.3 Å². The summed E-state index contributed by atoms with van der Waals surface area (Å²) >= 11 is 6.46. The maximum absolute atomic E-state index is 13.4. The van der Waals surface area contributed by atoms with Crippen molar-refractivity contribution in [2.75, 3.05) is 26.0 Å². The van der Waals surface area contributed by atoms with Crippen LogP contribution in [-0.4, -0.2) is 41.6 Å². The van der Waals surface area contributed by atoms with E-state index in [1.165, 1.54) is 18.5 Å². The molecule has 6 nitrogen and oxygen atoms in total. The van der Waals surface area contributed by atoms with Crippen LogP contribution >= 0.6 is 11.6 Å². The molecule has 3 aromatic carbocycles. The lowest BCUT2D eigenvalue weighted by Gasteiger charge is -2.20. The van der Waals surface area contributed by atoms with Gasteiger partial charge in [-0.15, -0.1) is 0 Å². The van der Waals surface area contributed by atoms with Crippen molar-refractivity contribution in [1.82, 2.24) is 14.9 Å². The van der Waals surface area contributed by atoms with Crippen molar-refractivity contribution in [3.8, 4) is 11.5 Å². The van der Waals surface area contributed by atoms with Crippen LogP contribution in [0.4, 0.5) is 15.9 Å². The average molecular weight is 481 g/mol. The highest BCUT2D eigenvalue weighted by Crippen LogP contribution is 2.34. The number of anilines is 2. The van der Waals surface area contributed by atoms with Crippen LogP contribution in [0.25, 0.3) is 10.9 Å². The lowest BCUT2D eigenvalue weighted by Crippen LogP contribution is -2.28. The van der Waals surface area contributed by atoms with Crippen LogP contribution < -0.4 is 14.8 Å². The molecule has 0 aliphatic carbocycles. The van der Waals surface area contributed by atoms with E-state index in [0.717, 1.165) is 28.7 Å². The molecule has 176 valence electrons. The summed E-state index contributed by atoms with van der Waals surface area (Å²) in [6, 6.07) is 17.4. The molecule has 1 heterocycles. The number of hydrogen-bond donors (Lipinski definition) is 1. The monoisotopic (exact) mass is 480 g/mol. The summed E-state index contributed by atoms with van der Waals surface area (Å²) < 4.78 is 25.4. The summed E-state index contributed by atoms with van der Waals surface area (Å²) in [7, 11) is 4.02. The van der Waals surface area contributed by atoms with Crippen LogP contribution in [0, 0.1) is 5.82 Å². The molecule has 1 aromatic heterocycles. The fraction of sp³-hybridized carbons (Fsp3) is 0.231. The number of ether oxygens (including phenoxy) is 2. The molecule has 8 heteroatoms. The standard InChI is InChI=1S/C26H26ClFN4O2/c1-17(14-32(2)3)34-24-9-5-8-22-25(24)26(30-16-29-22)31-20-10-11-23(21(27)13-20)33-15-18-6-4-7-19(28)12-18/h4-13,16-17H,14-15H2,1-3H3,(H,29,30,31). The van der Waals surface area contributed by atoms with Gasteiger partial charge in [0.25, 0.3) is 0 Å². The van der Waals surface area contributed by atoms with E-state index in [1.807, 2.05) is 45.3 Å². The predicted molar refractivity (Wildman–Crippen MR) is 134 cm³/mol. The van der Waals surface area contributed by atoms with Gasteiger partial charge >= 0.3 is 0 Å². The minimum atomic E-state index is -0.303. The minimum Gasteiger partial charge on any atom is -0.489 e. The summed E-state index contributed by atoms with van der Waals surface area (Å²) in [5.41, 5.74) is 2.23. The molecular formula is C26H26ClFN4O2. The second kappa shape index (κ2) is 10.7. The Labute approximate surface area is 203 Å². The van der Waals surface area contributed by atoms with Crippen molar-refractivity contribution in [3.63, 3.8) is 0 Å². The number of hydrogen-bond acceptors (Lipinski definition) is 6. The molecule has 1 N–H and O–H groups in total.